The van der Waals surface area contributed by atoms with Crippen molar-refractivity contribution in [2.75, 3.05) is 0 Å². The average Bonchev–Trinajstić information content (AvgIpc) is 2.78. The predicted molar refractivity (Wildman–Crippen MR) is 64.9 cm³/mol. The Hall–Kier alpha value is -1.32. The summed E-state index contributed by atoms with van der Waals surface area (Å²) < 4.78 is 2.22. The minimum absolute atomic E-state index is 0.232. The largest absolute Gasteiger partial charge is 0.481 e. The van der Waals surface area contributed by atoms with Crippen LogP contribution in [0.1, 0.15) is 56.7 Å². The zero-order chi connectivity index (χ0) is 12.1. The molecule has 94 valence electrons. The predicted octanol–water partition coefficient (Wildman–Crippen LogP) is 2.80. The molecular weight excluding hydrogens is 216 g/mol. The summed E-state index contributed by atoms with van der Waals surface area (Å²) in [6.07, 6.45) is 12.2. The van der Waals surface area contributed by atoms with Gasteiger partial charge in [0.2, 0.25) is 0 Å². The Morgan fingerprint density at radius 1 is 1.41 bits per heavy atom. The molecule has 0 saturated heterocycles. The zero-order valence-corrected chi connectivity index (χ0v) is 10.1. The number of nitrogens with zero attached hydrogens (tertiary/aromatic N) is 2. The first kappa shape index (κ1) is 12.1. The van der Waals surface area contributed by atoms with E-state index in [0.717, 1.165) is 12.1 Å². The Balaban J connectivity index is 1.84. The maximum atomic E-state index is 10.4. The molecular formula is C13H20N2O2. The monoisotopic (exact) mass is 236 g/mol. The number of carboxylic acids is 1. The summed E-state index contributed by atoms with van der Waals surface area (Å²) in [5.41, 5.74) is 1.02. The van der Waals surface area contributed by atoms with Gasteiger partial charge in [0.1, 0.15) is 0 Å². The number of imidazole rings is 1. The van der Waals surface area contributed by atoms with Gasteiger partial charge in [0.15, 0.2) is 0 Å². The van der Waals surface area contributed by atoms with Crippen LogP contribution in [0, 0.1) is 0 Å². The lowest BCUT2D eigenvalue weighted by molar-refractivity contribution is -0.137. The molecule has 1 fully saturated rings. The number of carbonyl (C=O) groups is 1. The molecule has 0 spiro atoms. The fraction of sp³-hybridized carbons (Fsp3) is 0.692. The number of aryl methyl sites for hydroxylation is 1. The zero-order valence-electron chi connectivity index (χ0n) is 10.1. The van der Waals surface area contributed by atoms with Gasteiger partial charge in [-0.15, -0.1) is 0 Å². The number of hydrogen-bond acceptors (Lipinski definition) is 2. The normalized spacial score (nSPS) is 17.2. The molecule has 0 unspecified atom stereocenters. The van der Waals surface area contributed by atoms with Crippen LogP contribution < -0.4 is 0 Å². The Kier molecular flexibility index (Phi) is 4.18. The van der Waals surface area contributed by atoms with Crippen molar-refractivity contribution < 1.29 is 9.90 Å². The minimum Gasteiger partial charge on any atom is -0.481 e. The molecule has 1 heterocycles. The van der Waals surface area contributed by atoms with Crippen molar-refractivity contribution in [1.82, 2.24) is 9.55 Å². The first-order valence-corrected chi connectivity index (χ1v) is 6.50. The summed E-state index contributed by atoms with van der Waals surface area (Å²) in [4.78, 5) is 14.8. The number of carboxylic acid groups (broad SMARTS) is 1. The first-order valence-electron chi connectivity index (χ1n) is 6.50. The average molecular weight is 236 g/mol. The molecule has 0 atom stereocenters. The summed E-state index contributed by atoms with van der Waals surface area (Å²) in [6.45, 7) is 0. The van der Waals surface area contributed by atoms with Crippen LogP contribution in [0.2, 0.25) is 0 Å². The van der Waals surface area contributed by atoms with Gasteiger partial charge in [-0.2, -0.15) is 0 Å². The van der Waals surface area contributed by atoms with Crippen LogP contribution in [0.5, 0.6) is 0 Å². The third kappa shape index (κ3) is 3.58. The summed E-state index contributed by atoms with van der Waals surface area (Å²) in [5.74, 6) is -0.725. The number of hydrogen-bond donors (Lipinski definition) is 1. The van der Waals surface area contributed by atoms with Crippen LogP contribution in [-0.2, 0) is 11.2 Å². The Labute approximate surface area is 102 Å². The van der Waals surface area contributed by atoms with E-state index in [0.29, 0.717) is 12.5 Å². The quantitative estimate of drug-likeness (QED) is 0.855. The van der Waals surface area contributed by atoms with Crippen LogP contribution in [0.15, 0.2) is 12.5 Å². The number of rotatable bonds is 5. The van der Waals surface area contributed by atoms with Gasteiger partial charge in [0.05, 0.1) is 12.0 Å². The Morgan fingerprint density at radius 3 is 2.88 bits per heavy atom. The van der Waals surface area contributed by atoms with Crippen molar-refractivity contribution >= 4 is 5.97 Å². The van der Waals surface area contributed by atoms with Crippen molar-refractivity contribution in [1.29, 1.82) is 0 Å². The van der Waals surface area contributed by atoms with E-state index in [4.69, 9.17) is 5.11 Å². The van der Waals surface area contributed by atoms with E-state index in [1.807, 2.05) is 6.33 Å². The highest BCUT2D eigenvalue weighted by atomic mass is 16.4. The van der Waals surface area contributed by atoms with Crippen molar-refractivity contribution in [2.45, 2.75) is 57.4 Å². The molecule has 4 heteroatoms. The first-order chi connectivity index (χ1) is 8.25. The second-order valence-electron chi connectivity index (χ2n) is 4.85. The second kappa shape index (κ2) is 5.84. The van der Waals surface area contributed by atoms with Gasteiger partial charge in [-0.25, -0.2) is 4.98 Å². The van der Waals surface area contributed by atoms with E-state index in [9.17, 15) is 4.79 Å². The maximum absolute atomic E-state index is 10.4. The molecule has 1 saturated carbocycles. The van der Waals surface area contributed by atoms with Crippen LogP contribution in [-0.4, -0.2) is 20.6 Å². The molecule has 1 aromatic rings. The molecule has 1 aromatic heterocycles. The third-order valence-corrected chi connectivity index (χ3v) is 3.47. The van der Waals surface area contributed by atoms with Gasteiger partial charge >= 0.3 is 5.97 Å². The highest BCUT2D eigenvalue weighted by Gasteiger charge is 2.15. The molecule has 1 aliphatic rings. The fourth-order valence-electron chi connectivity index (χ4n) is 2.51. The van der Waals surface area contributed by atoms with Crippen LogP contribution in [0.4, 0.5) is 0 Å². The van der Waals surface area contributed by atoms with Crippen molar-refractivity contribution in [3.63, 3.8) is 0 Å². The van der Waals surface area contributed by atoms with E-state index in [1.165, 1.54) is 32.1 Å². The van der Waals surface area contributed by atoms with Crippen molar-refractivity contribution in [2.24, 2.45) is 0 Å². The van der Waals surface area contributed by atoms with E-state index in [-0.39, 0.29) is 6.42 Å². The second-order valence-corrected chi connectivity index (χ2v) is 4.85. The van der Waals surface area contributed by atoms with Gasteiger partial charge in [-0.05, 0) is 25.7 Å². The SMILES string of the molecule is O=C(O)CCCc1cn(C2CCCCC2)cn1. The summed E-state index contributed by atoms with van der Waals surface area (Å²) in [5, 5.41) is 8.57. The van der Waals surface area contributed by atoms with Gasteiger partial charge in [0.25, 0.3) is 0 Å². The van der Waals surface area contributed by atoms with Crippen LogP contribution >= 0.6 is 0 Å². The topological polar surface area (TPSA) is 55.1 Å². The molecule has 0 amide bonds. The molecule has 0 bridgehead atoms. The maximum Gasteiger partial charge on any atom is 0.303 e. The lowest BCUT2D eigenvalue weighted by atomic mass is 9.95. The summed E-state index contributed by atoms with van der Waals surface area (Å²) in [7, 11) is 0. The number of aromatic nitrogens is 2. The standard InChI is InChI=1S/C13H20N2O2/c16-13(17)8-4-5-11-9-15(10-14-11)12-6-2-1-3-7-12/h9-10,12H,1-8H2,(H,16,17). The molecule has 4 nitrogen and oxygen atoms in total. The highest BCUT2D eigenvalue weighted by molar-refractivity contribution is 5.66. The van der Waals surface area contributed by atoms with Crippen molar-refractivity contribution in [3.05, 3.63) is 18.2 Å². The Morgan fingerprint density at radius 2 is 2.18 bits per heavy atom. The van der Waals surface area contributed by atoms with Gasteiger partial charge in [0, 0.05) is 18.7 Å². The van der Waals surface area contributed by atoms with Crippen LogP contribution in [0.3, 0.4) is 0 Å². The summed E-state index contributed by atoms with van der Waals surface area (Å²) in [6, 6.07) is 0.615. The summed E-state index contributed by atoms with van der Waals surface area (Å²) >= 11 is 0. The van der Waals surface area contributed by atoms with Crippen molar-refractivity contribution in [3.8, 4) is 0 Å². The number of aliphatic carboxylic acids is 1. The third-order valence-electron chi connectivity index (χ3n) is 3.47. The molecule has 0 radical (unpaired) electrons. The van der Waals surface area contributed by atoms with Crippen LogP contribution in [0.25, 0.3) is 0 Å². The molecule has 1 aliphatic carbocycles. The Bertz CT molecular complexity index is 367. The molecule has 0 aromatic carbocycles. The lowest BCUT2D eigenvalue weighted by Gasteiger charge is -2.22. The molecule has 2 rings (SSSR count). The van der Waals surface area contributed by atoms with Gasteiger partial charge in [-0.3, -0.25) is 4.79 Å². The van der Waals surface area contributed by atoms with E-state index >= 15 is 0 Å². The highest BCUT2D eigenvalue weighted by Crippen LogP contribution is 2.28. The molecule has 17 heavy (non-hydrogen) atoms. The van der Waals surface area contributed by atoms with Gasteiger partial charge in [-0.1, -0.05) is 19.3 Å². The smallest absolute Gasteiger partial charge is 0.303 e. The fourth-order valence-corrected chi connectivity index (χ4v) is 2.51. The minimum atomic E-state index is -0.725. The van der Waals surface area contributed by atoms with Gasteiger partial charge < -0.3 is 9.67 Å². The molecule has 0 aliphatic heterocycles. The van der Waals surface area contributed by atoms with E-state index in [1.54, 1.807) is 0 Å². The van der Waals surface area contributed by atoms with E-state index < -0.39 is 5.97 Å². The lowest BCUT2D eigenvalue weighted by Crippen LogP contribution is -2.10. The van der Waals surface area contributed by atoms with E-state index in [2.05, 4.69) is 15.7 Å². The molecule has 1 N–H and O–H groups in total.